The predicted molar refractivity (Wildman–Crippen MR) is 80.8 cm³/mol. The highest BCUT2D eigenvalue weighted by Crippen LogP contribution is 2.26. The van der Waals surface area contributed by atoms with Crippen LogP contribution < -0.4 is 10.9 Å². The van der Waals surface area contributed by atoms with Crippen molar-refractivity contribution in [2.45, 2.75) is 70.6 Å². The Balaban J connectivity index is 1.96. The number of carbonyl (C=O) groups is 2. The molecular formula is C15H27N3O3. The smallest absolute Gasteiger partial charge is 0.243 e. The molecule has 0 aliphatic heterocycles. The van der Waals surface area contributed by atoms with Crippen LogP contribution in [-0.2, 0) is 9.59 Å². The third-order valence-electron chi connectivity index (χ3n) is 3.89. The Morgan fingerprint density at radius 3 is 2.43 bits per heavy atom. The lowest BCUT2D eigenvalue weighted by Gasteiger charge is -2.20. The normalized spacial score (nSPS) is 16.0. The first-order valence-corrected chi connectivity index (χ1v) is 7.95. The maximum atomic E-state index is 11.4. The zero-order valence-electron chi connectivity index (χ0n) is 12.6. The maximum absolute atomic E-state index is 11.4. The van der Waals surface area contributed by atoms with Gasteiger partial charge in [0.15, 0.2) is 0 Å². The molecule has 0 aromatic heterocycles. The van der Waals surface area contributed by atoms with Gasteiger partial charge >= 0.3 is 0 Å². The number of carbonyl (C=O) groups excluding carboxylic acids is 2. The molecule has 1 saturated carbocycles. The van der Waals surface area contributed by atoms with E-state index in [9.17, 15) is 9.59 Å². The molecule has 1 fully saturated rings. The maximum Gasteiger partial charge on any atom is 0.243 e. The molecule has 1 rings (SSSR count). The van der Waals surface area contributed by atoms with Crippen molar-refractivity contribution in [2.24, 2.45) is 11.0 Å². The lowest BCUT2D eigenvalue weighted by molar-refractivity contribution is -0.129. The minimum atomic E-state index is -0.420. The first kappa shape index (κ1) is 17.6. The summed E-state index contributed by atoms with van der Waals surface area (Å²) in [6.07, 6.45) is 12.4. The van der Waals surface area contributed by atoms with Gasteiger partial charge in [0.1, 0.15) is 0 Å². The Bertz CT molecular complexity index is 339. The summed E-state index contributed by atoms with van der Waals surface area (Å²) < 4.78 is 0. The third kappa shape index (κ3) is 9.18. The molecule has 1 aliphatic carbocycles. The average Bonchev–Trinajstić information content (AvgIpc) is 2.52. The number of unbranched alkanes of at least 4 members (excludes halogenated alkanes) is 1. The van der Waals surface area contributed by atoms with Crippen molar-refractivity contribution in [3.05, 3.63) is 0 Å². The van der Waals surface area contributed by atoms with E-state index >= 15 is 0 Å². The van der Waals surface area contributed by atoms with Gasteiger partial charge in [0.25, 0.3) is 0 Å². The zero-order chi connectivity index (χ0) is 15.3. The first-order valence-electron chi connectivity index (χ1n) is 7.95. The lowest BCUT2D eigenvalue weighted by Crippen LogP contribution is -2.19. The fourth-order valence-electron chi connectivity index (χ4n) is 2.65. The molecule has 21 heavy (non-hydrogen) atoms. The fraction of sp³-hybridized carbons (Fsp3) is 0.800. The molecular weight excluding hydrogens is 270 g/mol. The van der Waals surface area contributed by atoms with E-state index in [2.05, 4.69) is 10.5 Å². The Labute approximate surface area is 126 Å². The van der Waals surface area contributed by atoms with Gasteiger partial charge in [0, 0.05) is 19.1 Å². The van der Waals surface area contributed by atoms with Crippen molar-refractivity contribution >= 4 is 18.0 Å². The molecule has 0 heterocycles. The summed E-state index contributed by atoms with van der Waals surface area (Å²) in [5.74, 6) is 0.281. The average molecular weight is 297 g/mol. The number of hydrogen-bond donors (Lipinski definition) is 3. The third-order valence-corrected chi connectivity index (χ3v) is 3.89. The van der Waals surface area contributed by atoms with E-state index in [1.807, 2.05) is 0 Å². The molecule has 0 atom stereocenters. The number of hydrazone groups is 1. The zero-order valence-corrected chi connectivity index (χ0v) is 12.6. The Kier molecular flexibility index (Phi) is 9.44. The van der Waals surface area contributed by atoms with Crippen molar-refractivity contribution < 1.29 is 14.8 Å². The fourth-order valence-corrected chi connectivity index (χ4v) is 2.65. The van der Waals surface area contributed by atoms with Crippen molar-refractivity contribution in [3.8, 4) is 0 Å². The summed E-state index contributed by atoms with van der Waals surface area (Å²) in [6, 6.07) is 0. The Hall–Kier alpha value is -1.43. The topological polar surface area (TPSA) is 90.8 Å². The molecule has 0 aromatic carbocycles. The monoisotopic (exact) mass is 297 g/mol. The van der Waals surface area contributed by atoms with E-state index in [0.717, 1.165) is 18.8 Å². The van der Waals surface area contributed by atoms with Crippen LogP contribution in [-0.4, -0.2) is 23.2 Å². The number of rotatable bonds is 9. The second kappa shape index (κ2) is 11.3. The molecule has 120 valence electrons. The van der Waals surface area contributed by atoms with Gasteiger partial charge in [0.2, 0.25) is 11.8 Å². The van der Waals surface area contributed by atoms with Crippen LogP contribution in [0.1, 0.15) is 70.6 Å². The molecule has 0 spiro atoms. The van der Waals surface area contributed by atoms with E-state index in [0.29, 0.717) is 19.3 Å². The quantitative estimate of drug-likeness (QED) is 0.264. The SMILES string of the molecule is O=C(CCCCC(=O)N/N=C/CCC1CCCCC1)NO. The number of hydroxylamine groups is 1. The van der Waals surface area contributed by atoms with Gasteiger partial charge in [-0.25, -0.2) is 10.9 Å². The largest absolute Gasteiger partial charge is 0.289 e. The van der Waals surface area contributed by atoms with Gasteiger partial charge in [-0.3, -0.25) is 14.8 Å². The van der Waals surface area contributed by atoms with Gasteiger partial charge < -0.3 is 0 Å². The summed E-state index contributed by atoms with van der Waals surface area (Å²) in [4.78, 5) is 22.2. The van der Waals surface area contributed by atoms with Crippen LogP contribution >= 0.6 is 0 Å². The van der Waals surface area contributed by atoms with Gasteiger partial charge in [0.05, 0.1) is 0 Å². The van der Waals surface area contributed by atoms with Crippen molar-refractivity contribution in [2.75, 3.05) is 0 Å². The summed E-state index contributed by atoms with van der Waals surface area (Å²) in [7, 11) is 0. The van der Waals surface area contributed by atoms with E-state index in [4.69, 9.17) is 5.21 Å². The molecule has 2 amide bonds. The molecule has 1 aliphatic rings. The second-order valence-electron chi connectivity index (χ2n) is 5.67. The van der Waals surface area contributed by atoms with E-state index in [1.165, 1.54) is 32.1 Å². The minimum Gasteiger partial charge on any atom is -0.289 e. The van der Waals surface area contributed by atoms with Gasteiger partial charge in [-0.15, -0.1) is 0 Å². The predicted octanol–water partition coefficient (Wildman–Crippen LogP) is 2.51. The Morgan fingerprint density at radius 2 is 1.76 bits per heavy atom. The minimum absolute atomic E-state index is 0.131. The lowest BCUT2D eigenvalue weighted by atomic mass is 9.86. The van der Waals surface area contributed by atoms with Crippen molar-refractivity contribution in [1.29, 1.82) is 0 Å². The molecule has 6 nitrogen and oxygen atoms in total. The van der Waals surface area contributed by atoms with E-state index < -0.39 is 5.91 Å². The molecule has 0 bridgehead atoms. The van der Waals surface area contributed by atoms with Crippen LogP contribution in [0.5, 0.6) is 0 Å². The standard InChI is InChI=1S/C15H27N3O3/c19-14(10-4-5-11-15(20)18-21)17-16-12-6-9-13-7-2-1-3-8-13/h12-13,21H,1-11H2,(H,17,19)(H,18,20)/b16-12+. The number of nitrogens with one attached hydrogen (secondary N) is 2. The number of amides is 2. The molecule has 0 aromatic rings. The van der Waals surface area contributed by atoms with Gasteiger partial charge in [-0.1, -0.05) is 32.1 Å². The molecule has 0 saturated heterocycles. The number of nitrogens with zero attached hydrogens (tertiary/aromatic N) is 1. The van der Waals surface area contributed by atoms with Gasteiger partial charge in [-0.05, 0) is 31.6 Å². The van der Waals surface area contributed by atoms with Gasteiger partial charge in [-0.2, -0.15) is 5.10 Å². The summed E-state index contributed by atoms with van der Waals surface area (Å²) in [6.45, 7) is 0. The van der Waals surface area contributed by atoms with Crippen molar-refractivity contribution in [3.63, 3.8) is 0 Å². The van der Waals surface area contributed by atoms with Crippen LogP contribution in [0.2, 0.25) is 0 Å². The van der Waals surface area contributed by atoms with Crippen LogP contribution in [0, 0.1) is 5.92 Å². The summed E-state index contributed by atoms with van der Waals surface area (Å²) in [5, 5.41) is 12.2. The molecule has 0 radical (unpaired) electrons. The molecule has 0 unspecified atom stereocenters. The van der Waals surface area contributed by atoms with Crippen LogP contribution in [0.4, 0.5) is 0 Å². The highest BCUT2D eigenvalue weighted by atomic mass is 16.5. The van der Waals surface area contributed by atoms with Crippen LogP contribution in [0.15, 0.2) is 5.10 Å². The molecule has 6 heteroatoms. The summed E-state index contributed by atoms with van der Waals surface area (Å²) in [5.41, 5.74) is 4.07. The Morgan fingerprint density at radius 1 is 1.10 bits per heavy atom. The number of hydrogen-bond acceptors (Lipinski definition) is 4. The highest BCUT2D eigenvalue weighted by molar-refractivity contribution is 5.77. The summed E-state index contributed by atoms with van der Waals surface area (Å²) >= 11 is 0. The van der Waals surface area contributed by atoms with Crippen LogP contribution in [0.25, 0.3) is 0 Å². The van der Waals surface area contributed by atoms with Crippen molar-refractivity contribution in [1.82, 2.24) is 10.9 Å². The highest BCUT2D eigenvalue weighted by Gasteiger charge is 2.11. The van der Waals surface area contributed by atoms with E-state index in [1.54, 1.807) is 11.7 Å². The van der Waals surface area contributed by atoms with E-state index in [-0.39, 0.29) is 12.3 Å². The second-order valence-corrected chi connectivity index (χ2v) is 5.67. The first-order chi connectivity index (χ1) is 10.2. The molecule has 3 N–H and O–H groups in total. The van der Waals surface area contributed by atoms with Crippen LogP contribution in [0.3, 0.4) is 0 Å².